The van der Waals surface area contributed by atoms with Gasteiger partial charge in [0.15, 0.2) is 5.82 Å². The molecular formula is C13H17N5O2S. The number of rotatable bonds is 6. The Morgan fingerprint density at radius 3 is 2.86 bits per heavy atom. The first kappa shape index (κ1) is 14.0. The largest absolute Gasteiger partial charge is 0.346 e. The van der Waals surface area contributed by atoms with Crippen LogP contribution >= 0.6 is 0 Å². The van der Waals surface area contributed by atoms with Crippen LogP contribution < -0.4 is 10.0 Å². The normalized spacial score (nSPS) is 15.1. The van der Waals surface area contributed by atoms with Gasteiger partial charge in [-0.25, -0.2) is 8.42 Å². The van der Waals surface area contributed by atoms with E-state index in [-0.39, 0.29) is 10.7 Å². The van der Waals surface area contributed by atoms with E-state index in [1.165, 1.54) is 6.20 Å². The monoisotopic (exact) mass is 307 g/mol. The Hall–Kier alpha value is -1.93. The quantitative estimate of drug-likeness (QED) is 0.835. The van der Waals surface area contributed by atoms with Crippen molar-refractivity contribution in [2.24, 2.45) is 0 Å². The van der Waals surface area contributed by atoms with Gasteiger partial charge in [0, 0.05) is 30.7 Å². The van der Waals surface area contributed by atoms with Crippen molar-refractivity contribution in [3.8, 4) is 0 Å². The molecule has 0 saturated heterocycles. The fourth-order valence-electron chi connectivity index (χ4n) is 2.21. The number of hydrogen-bond donors (Lipinski definition) is 2. The van der Waals surface area contributed by atoms with Crippen molar-refractivity contribution in [1.29, 1.82) is 0 Å². The molecule has 0 atom stereocenters. The van der Waals surface area contributed by atoms with Crippen LogP contribution in [0.1, 0.15) is 24.6 Å². The third kappa shape index (κ3) is 3.06. The molecule has 0 radical (unpaired) electrons. The lowest BCUT2D eigenvalue weighted by molar-refractivity contribution is 0.600. The second kappa shape index (κ2) is 5.45. The molecule has 1 aliphatic rings. The average Bonchev–Trinajstić information content (AvgIpc) is 3.21. The molecule has 1 fully saturated rings. The number of nitrogens with zero attached hydrogens (tertiary/aromatic N) is 3. The smallest absolute Gasteiger partial charge is 0.264 e. The molecule has 2 N–H and O–H groups in total. The minimum Gasteiger partial charge on any atom is -0.346 e. The summed E-state index contributed by atoms with van der Waals surface area (Å²) in [7, 11) is -1.80. The fraction of sp³-hybridized carbons (Fsp3) is 0.385. The van der Waals surface area contributed by atoms with Gasteiger partial charge in [-0.1, -0.05) is 0 Å². The van der Waals surface area contributed by atoms with Crippen molar-refractivity contribution in [2.75, 3.05) is 11.8 Å². The van der Waals surface area contributed by atoms with Crippen LogP contribution in [0.4, 0.5) is 5.82 Å². The number of sulfonamides is 1. The first-order valence-electron chi connectivity index (χ1n) is 6.76. The van der Waals surface area contributed by atoms with Gasteiger partial charge in [-0.15, -0.1) is 5.10 Å². The van der Waals surface area contributed by atoms with E-state index in [9.17, 15) is 8.42 Å². The average molecular weight is 307 g/mol. The number of aromatic nitrogens is 3. The summed E-state index contributed by atoms with van der Waals surface area (Å²) in [5.74, 6) is 0.215. The molecule has 1 saturated carbocycles. The summed E-state index contributed by atoms with van der Waals surface area (Å²) in [5.41, 5.74) is 0.972. The summed E-state index contributed by atoms with van der Waals surface area (Å²) in [6, 6.07) is 5.32. The van der Waals surface area contributed by atoms with E-state index in [0.29, 0.717) is 12.6 Å². The van der Waals surface area contributed by atoms with Gasteiger partial charge in [0.1, 0.15) is 4.90 Å². The summed E-state index contributed by atoms with van der Waals surface area (Å²) in [6.07, 6.45) is 5.39. The SMILES string of the molecule is CNCc1cc(S(=O)(=O)Nc2cccnn2)cn1C1CC1. The second-order valence-electron chi connectivity index (χ2n) is 5.05. The summed E-state index contributed by atoms with van der Waals surface area (Å²) >= 11 is 0. The Morgan fingerprint density at radius 1 is 1.43 bits per heavy atom. The van der Waals surface area contributed by atoms with Crippen LogP contribution in [0.5, 0.6) is 0 Å². The molecule has 1 aliphatic carbocycles. The Balaban J connectivity index is 1.90. The molecule has 0 bridgehead atoms. The molecule has 0 spiro atoms. The van der Waals surface area contributed by atoms with Crippen LogP contribution in [-0.4, -0.2) is 30.2 Å². The highest BCUT2D eigenvalue weighted by Gasteiger charge is 2.28. The summed E-state index contributed by atoms with van der Waals surface area (Å²) in [6.45, 7) is 0.636. The van der Waals surface area contributed by atoms with Crippen molar-refractivity contribution < 1.29 is 8.42 Å². The van der Waals surface area contributed by atoms with Crippen LogP contribution in [0.2, 0.25) is 0 Å². The molecule has 0 aliphatic heterocycles. The molecule has 3 rings (SSSR count). The van der Waals surface area contributed by atoms with Gasteiger partial charge in [0.25, 0.3) is 10.0 Å². The Morgan fingerprint density at radius 2 is 2.24 bits per heavy atom. The maximum atomic E-state index is 12.4. The molecule has 0 aromatic carbocycles. The number of anilines is 1. The van der Waals surface area contributed by atoms with Gasteiger partial charge in [-0.3, -0.25) is 4.72 Å². The van der Waals surface area contributed by atoms with Crippen molar-refractivity contribution in [3.05, 3.63) is 36.3 Å². The lowest BCUT2D eigenvalue weighted by Gasteiger charge is -2.05. The molecule has 2 aromatic heterocycles. The van der Waals surface area contributed by atoms with E-state index < -0.39 is 10.0 Å². The molecule has 112 valence electrons. The highest BCUT2D eigenvalue weighted by molar-refractivity contribution is 7.92. The standard InChI is InChI=1S/C13H17N5O2S/c1-14-8-11-7-12(9-18(11)10-4-5-10)21(19,20)17-13-3-2-6-15-16-13/h2-3,6-7,9-10,14H,4-5,8H2,1H3,(H,16,17). The highest BCUT2D eigenvalue weighted by atomic mass is 32.2. The van der Waals surface area contributed by atoms with Crippen LogP contribution in [0.15, 0.2) is 35.5 Å². The zero-order valence-corrected chi connectivity index (χ0v) is 12.5. The van der Waals surface area contributed by atoms with Crippen LogP contribution in [-0.2, 0) is 16.6 Å². The molecule has 21 heavy (non-hydrogen) atoms. The summed E-state index contributed by atoms with van der Waals surface area (Å²) in [4.78, 5) is 0.255. The van der Waals surface area contributed by atoms with E-state index in [1.807, 2.05) is 11.6 Å². The third-order valence-electron chi connectivity index (χ3n) is 3.33. The summed E-state index contributed by atoms with van der Waals surface area (Å²) in [5, 5.41) is 10.5. The fourth-order valence-corrected chi connectivity index (χ4v) is 3.26. The van der Waals surface area contributed by atoms with Gasteiger partial charge in [0.05, 0.1) is 0 Å². The molecule has 0 unspecified atom stereocenters. The number of hydrogen-bond acceptors (Lipinski definition) is 5. The topological polar surface area (TPSA) is 88.9 Å². The molecule has 0 amide bonds. The van der Waals surface area contributed by atoms with Crippen LogP contribution in [0.25, 0.3) is 0 Å². The second-order valence-corrected chi connectivity index (χ2v) is 6.73. The summed E-state index contributed by atoms with van der Waals surface area (Å²) < 4.78 is 29.3. The van der Waals surface area contributed by atoms with Crippen molar-refractivity contribution in [3.63, 3.8) is 0 Å². The maximum Gasteiger partial charge on any atom is 0.264 e. The van der Waals surface area contributed by atoms with E-state index in [2.05, 4.69) is 20.2 Å². The predicted molar refractivity (Wildman–Crippen MR) is 78.3 cm³/mol. The van der Waals surface area contributed by atoms with E-state index in [4.69, 9.17) is 0 Å². The molecule has 2 heterocycles. The zero-order valence-electron chi connectivity index (χ0n) is 11.7. The van der Waals surface area contributed by atoms with Gasteiger partial charge in [0.2, 0.25) is 0 Å². The maximum absolute atomic E-state index is 12.4. The van der Waals surface area contributed by atoms with E-state index in [1.54, 1.807) is 24.4 Å². The lowest BCUT2D eigenvalue weighted by atomic mass is 10.4. The van der Waals surface area contributed by atoms with Gasteiger partial charge < -0.3 is 9.88 Å². The lowest BCUT2D eigenvalue weighted by Crippen LogP contribution is -2.13. The van der Waals surface area contributed by atoms with Crippen molar-refractivity contribution in [1.82, 2.24) is 20.1 Å². The highest BCUT2D eigenvalue weighted by Crippen LogP contribution is 2.37. The Labute approximate surface area is 123 Å². The molecule has 8 heteroatoms. The Kier molecular flexibility index (Phi) is 3.64. The van der Waals surface area contributed by atoms with Crippen molar-refractivity contribution >= 4 is 15.8 Å². The first-order valence-corrected chi connectivity index (χ1v) is 8.24. The van der Waals surface area contributed by atoms with Crippen molar-refractivity contribution in [2.45, 2.75) is 30.3 Å². The van der Waals surface area contributed by atoms with Gasteiger partial charge in [-0.05, 0) is 38.1 Å². The molecule has 2 aromatic rings. The zero-order chi connectivity index (χ0) is 14.9. The minimum absolute atomic E-state index is 0.215. The number of nitrogens with one attached hydrogen (secondary N) is 2. The van der Waals surface area contributed by atoms with Crippen LogP contribution in [0.3, 0.4) is 0 Å². The van der Waals surface area contributed by atoms with Crippen LogP contribution in [0, 0.1) is 0 Å². The van der Waals surface area contributed by atoms with Gasteiger partial charge >= 0.3 is 0 Å². The minimum atomic E-state index is -3.64. The molecular weight excluding hydrogens is 290 g/mol. The third-order valence-corrected chi connectivity index (χ3v) is 4.65. The molecule has 7 nitrogen and oxygen atoms in total. The van der Waals surface area contributed by atoms with E-state index in [0.717, 1.165) is 18.5 Å². The van der Waals surface area contributed by atoms with Gasteiger partial charge in [-0.2, -0.15) is 5.10 Å². The predicted octanol–water partition coefficient (Wildman–Crippen LogP) is 1.13. The first-order chi connectivity index (χ1) is 10.1. The van der Waals surface area contributed by atoms with E-state index >= 15 is 0 Å². The Bertz CT molecular complexity index is 722.